The standard InChI is InChI=1S/C23H26ClN5O2S2.ClH/c1-28(2)12-14-4-5-15(11-25-21(30)18-6-7-20(24)32-18)17(10-14)26-22(31)23-27-16-8-9-29(3)13-19(16)33-23;/h4-7,10H,8-9,11-13H2,1-3H3,(H,25,30)(H,26,31);1H. The number of fused-ring (bicyclic) bond motifs is 1. The zero-order valence-electron chi connectivity index (χ0n) is 19.2. The largest absolute Gasteiger partial charge is 0.347 e. The number of likely N-dealkylation sites (N-methyl/N-ethyl adjacent to an activating group) is 1. The zero-order chi connectivity index (χ0) is 23.5. The molecule has 182 valence electrons. The minimum Gasteiger partial charge on any atom is -0.347 e. The van der Waals surface area contributed by atoms with Gasteiger partial charge in [0.25, 0.3) is 11.8 Å². The van der Waals surface area contributed by atoms with Crippen molar-refractivity contribution in [2.24, 2.45) is 0 Å². The Labute approximate surface area is 218 Å². The number of halogens is 2. The Kier molecular flexibility index (Phi) is 9.08. The molecule has 1 aliphatic heterocycles. The van der Waals surface area contributed by atoms with Crippen LogP contribution in [0.15, 0.2) is 30.3 Å². The van der Waals surface area contributed by atoms with Gasteiger partial charge in [0.15, 0.2) is 5.01 Å². The first-order valence-electron chi connectivity index (χ1n) is 10.6. The van der Waals surface area contributed by atoms with Gasteiger partial charge >= 0.3 is 0 Å². The highest BCUT2D eigenvalue weighted by Crippen LogP contribution is 2.27. The Bertz CT molecular complexity index is 1180. The van der Waals surface area contributed by atoms with Gasteiger partial charge < -0.3 is 20.4 Å². The normalized spacial score (nSPS) is 13.3. The number of aromatic nitrogens is 1. The number of hydrogen-bond donors (Lipinski definition) is 2. The summed E-state index contributed by atoms with van der Waals surface area (Å²) in [7, 11) is 6.06. The Morgan fingerprint density at radius 1 is 1.18 bits per heavy atom. The summed E-state index contributed by atoms with van der Waals surface area (Å²) in [6.45, 7) is 2.79. The van der Waals surface area contributed by atoms with Crippen LogP contribution in [0.3, 0.4) is 0 Å². The molecule has 0 fully saturated rings. The third kappa shape index (κ3) is 6.56. The molecule has 3 aromatic rings. The predicted molar refractivity (Wildman–Crippen MR) is 142 cm³/mol. The maximum atomic E-state index is 13.1. The van der Waals surface area contributed by atoms with Crippen molar-refractivity contribution in [1.82, 2.24) is 20.1 Å². The van der Waals surface area contributed by atoms with Gasteiger partial charge in [-0.1, -0.05) is 23.7 Å². The fourth-order valence-corrected chi connectivity index (χ4v) is 5.70. The van der Waals surface area contributed by atoms with Crippen LogP contribution in [0.4, 0.5) is 5.69 Å². The van der Waals surface area contributed by atoms with Crippen molar-refractivity contribution in [1.29, 1.82) is 0 Å². The second kappa shape index (κ2) is 11.6. The van der Waals surface area contributed by atoms with E-state index in [1.54, 1.807) is 12.1 Å². The third-order valence-corrected chi connectivity index (χ3v) is 7.59. The first-order valence-corrected chi connectivity index (χ1v) is 12.6. The molecule has 0 bridgehead atoms. The Morgan fingerprint density at radius 2 is 1.97 bits per heavy atom. The van der Waals surface area contributed by atoms with Gasteiger partial charge in [0.05, 0.1) is 14.9 Å². The van der Waals surface area contributed by atoms with Crippen LogP contribution in [0.1, 0.15) is 41.2 Å². The maximum Gasteiger partial charge on any atom is 0.284 e. The van der Waals surface area contributed by atoms with Crippen LogP contribution in [0, 0.1) is 0 Å². The van der Waals surface area contributed by atoms with Crippen LogP contribution in [0.5, 0.6) is 0 Å². The number of rotatable bonds is 7. The van der Waals surface area contributed by atoms with Gasteiger partial charge in [-0.05, 0) is 50.5 Å². The second-order valence-corrected chi connectivity index (χ2v) is 11.1. The number of thiazole rings is 1. The van der Waals surface area contributed by atoms with Gasteiger partial charge in [0.2, 0.25) is 0 Å². The van der Waals surface area contributed by atoms with E-state index in [2.05, 4.69) is 32.5 Å². The van der Waals surface area contributed by atoms with Gasteiger partial charge in [-0.15, -0.1) is 35.1 Å². The van der Waals surface area contributed by atoms with E-state index in [1.807, 2.05) is 32.3 Å². The molecule has 4 rings (SSSR count). The molecule has 3 heterocycles. The van der Waals surface area contributed by atoms with E-state index in [0.717, 1.165) is 47.8 Å². The monoisotopic (exact) mass is 539 g/mol. The SMILES string of the molecule is CN(C)Cc1ccc(CNC(=O)c2ccc(Cl)s2)c(NC(=O)c2nc3c(s2)CN(C)CC3)c1.Cl. The highest BCUT2D eigenvalue weighted by Gasteiger charge is 2.22. The van der Waals surface area contributed by atoms with Gasteiger partial charge in [0.1, 0.15) is 0 Å². The average molecular weight is 541 g/mol. The third-order valence-electron chi connectivity index (χ3n) is 5.27. The molecule has 11 heteroatoms. The number of benzene rings is 1. The van der Waals surface area contributed by atoms with Gasteiger partial charge in [-0.25, -0.2) is 4.98 Å². The van der Waals surface area contributed by atoms with Gasteiger partial charge in [-0.2, -0.15) is 0 Å². The van der Waals surface area contributed by atoms with Crippen molar-refractivity contribution in [2.45, 2.75) is 26.1 Å². The molecule has 2 amide bonds. The summed E-state index contributed by atoms with van der Waals surface area (Å²) in [6.07, 6.45) is 0.859. The fourth-order valence-electron chi connectivity index (χ4n) is 3.65. The molecular weight excluding hydrogens is 513 g/mol. The molecule has 0 saturated carbocycles. The lowest BCUT2D eigenvalue weighted by Gasteiger charge is -2.20. The van der Waals surface area contributed by atoms with Gasteiger partial charge in [0, 0.05) is 43.2 Å². The summed E-state index contributed by atoms with van der Waals surface area (Å²) in [5.41, 5.74) is 3.58. The average Bonchev–Trinajstić information content (AvgIpc) is 3.38. The zero-order valence-corrected chi connectivity index (χ0v) is 22.4. The van der Waals surface area contributed by atoms with Crippen LogP contribution in [0.2, 0.25) is 4.34 Å². The van der Waals surface area contributed by atoms with Crippen molar-refractivity contribution in [2.75, 3.05) is 33.0 Å². The predicted octanol–water partition coefficient (Wildman–Crippen LogP) is 4.51. The molecule has 0 atom stereocenters. The lowest BCUT2D eigenvalue weighted by atomic mass is 10.1. The van der Waals surface area contributed by atoms with E-state index < -0.39 is 0 Å². The summed E-state index contributed by atoms with van der Waals surface area (Å²) in [5, 5.41) is 6.42. The van der Waals surface area contributed by atoms with E-state index in [4.69, 9.17) is 11.6 Å². The van der Waals surface area contributed by atoms with Crippen molar-refractivity contribution in [3.8, 4) is 0 Å². The van der Waals surface area contributed by atoms with Crippen molar-refractivity contribution in [3.05, 3.63) is 66.3 Å². The topological polar surface area (TPSA) is 77.6 Å². The van der Waals surface area contributed by atoms with Crippen LogP contribution < -0.4 is 10.6 Å². The smallest absolute Gasteiger partial charge is 0.284 e. The summed E-state index contributed by atoms with van der Waals surface area (Å²) < 4.78 is 0.568. The second-order valence-electron chi connectivity index (χ2n) is 8.35. The molecule has 34 heavy (non-hydrogen) atoms. The molecule has 1 aromatic carbocycles. The fraction of sp³-hybridized carbons (Fsp3) is 0.348. The van der Waals surface area contributed by atoms with Crippen LogP contribution in [-0.2, 0) is 26.1 Å². The Morgan fingerprint density at radius 3 is 2.68 bits per heavy atom. The summed E-state index contributed by atoms with van der Waals surface area (Å²) >= 11 is 8.63. The number of hydrogen-bond acceptors (Lipinski definition) is 7. The number of nitrogens with one attached hydrogen (secondary N) is 2. The van der Waals surface area contributed by atoms with Crippen molar-refractivity contribution < 1.29 is 9.59 Å². The Balaban J connectivity index is 0.00000324. The summed E-state index contributed by atoms with van der Waals surface area (Å²) in [5.74, 6) is -0.421. The van der Waals surface area contributed by atoms with Crippen LogP contribution in [-0.4, -0.2) is 54.3 Å². The molecular formula is C23H27Cl2N5O2S2. The molecule has 2 aromatic heterocycles. The highest BCUT2D eigenvalue weighted by molar-refractivity contribution is 7.18. The molecule has 0 saturated heterocycles. The first kappa shape index (κ1) is 26.6. The maximum absolute atomic E-state index is 13.1. The van der Waals surface area contributed by atoms with E-state index in [1.165, 1.54) is 22.7 Å². The Hall–Kier alpha value is -2.01. The summed E-state index contributed by atoms with van der Waals surface area (Å²) in [4.78, 5) is 36.1. The highest BCUT2D eigenvalue weighted by atomic mass is 35.5. The van der Waals surface area contributed by atoms with E-state index >= 15 is 0 Å². The van der Waals surface area contributed by atoms with Crippen LogP contribution >= 0.6 is 46.7 Å². The number of thiophene rings is 1. The molecule has 2 N–H and O–H groups in total. The first-order chi connectivity index (χ1) is 15.8. The van der Waals surface area contributed by atoms with Crippen molar-refractivity contribution in [3.63, 3.8) is 0 Å². The van der Waals surface area contributed by atoms with Gasteiger partial charge in [-0.3, -0.25) is 9.59 Å². The van der Waals surface area contributed by atoms with Crippen molar-refractivity contribution >= 4 is 64.2 Å². The number of amides is 2. The molecule has 0 aliphatic carbocycles. The van der Waals surface area contributed by atoms with E-state index in [0.29, 0.717) is 19.9 Å². The quantitative estimate of drug-likeness (QED) is 0.461. The molecule has 0 radical (unpaired) electrons. The molecule has 0 unspecified atom stereocenters. The number of nitrogens with zero attached hydrogens (tertiary/aromatic N) is 3. The molecule has 7 nitrogen and oxygen atoms in total. The molecule has 1 aliphatic rings. The lowest BCUT2D eigenvalue weighted by molar-refractivity contribution is 0.0954. The van der Waals surface area contributed by atoms with E-state index in [9.17, 15) is 9.59 Å². The minimum atomic E-state index is -0.225. The number of carbonyl (C=O) groups excluding carboxylic acids is 2. The number of carbonyl (C=O) groups is 2. The summed E-state index contributed by atoms with van der Waals surface area (Å²) in [6, 6.07) is 9.32. The minimum absolute atomic E-state index is 0. The molecule has 0 spiro atoms. The number of anilines is 1. The lowest BCUT2D eigenvalue weighted by Crippen LogP contribution is -2.25. The van der Waals surface area contributed by atoms with Crippen LogP contribution in [0.25, 0.3) is 0 Å². The van der Waals surface area contributed by atoms with E-state index in [-0.39, 0.29) is 30.8 Å².